The van der Waals surface area contributed by atoms with Gasteiger partial charge < -0.3 is 34.7 Å². The van der Waals surface area contributed by atoms with E-state index in [2.05, 4.69) is 34.4 Å². The van der Waals surface area contributed by atoms with E-state index in [0.717, 1.165) is 22.8 Å². The van der Waals surface area contributed by atoms with Crippen LogP contribution in [0.3, 0.4) is 0 Å². The van der Waals surface area contributed by atoms with Gasteiger partial charge in [0, 0.05) is 48.1 Å². The number of hydrogen-bond donors (Lipinski definition) is 3. The highest BCUT2D eigenvalue weighted by Gasteiger charge is 2.43. The number of nitrogens with zero attached hydrogens (tertiary/aromatic N) is 2. The fraction of sp³-hybridized carbons (Fsp3) is 0.387. The Kier molecular flexibility index (Phi) is 7.92. The summed E-state index contributed by atoms with van der Waals surface area (Å²) in [5.41, 5.74) is 4.53. The van der Waals surface area contributed by atoms with Gasteiger partial charge in [0.25, 0.3) is 0 Å². The molecular weight excluding hydrogens is 522 g/mol. The molecule has 1 atom stereocenters. The highest BCUT2D eigenvalue weighted by molar-refractivity contribution is 6.02. The number of para-hydroxylation sites is 2. The number of benzene rings is 2. The van der Waals surface area contributed by atoms with Crippen molar-refractivity contribution < 1.29 is 23.8 Å². The van der Waals surface area contributed by atoms with E-state index < -0.39 is 6.04 Å². The Morgan fingerprint density at radius 3 is 2.56 bits per heavy atom. The number of amides is 1. The maximum atomic E-state index is 14.0. The Bertz CT molecular complexity index is 1460. The molecule has 0 spiro atoms. The SMILES string of the molecule is COc1ccc(C2C3=C(CC(C)(C)CC3=O)Nc3ccccc3N2CC(=O)NCCc2cnc[nH]2)c(OC)c1OC. The Hall–Kier alpha value is -4.47. The summed E-state index contributed by atoms with van der Waals surface area (Å²) in [5.74, 6) is 1.24. The van der Waals surface area contributed by atoms with Crippen LogP contribution in [0.1, 0.15) is 44.0 Å². The summed E-state index contributed by atoms with van der Waals surface area (Å²) in [6.45, 7) is 4.66. The highest BCUT2D eigenvalue weighted by Crippen LogP contribution is 2.52. The summed E-state index contributed by atoms with van der Waals surface area (Å²) in [7, 11) is 4.69. The van der Waals surface area contributed by atoms with Gasteiger partial charge in [-0.3, -0.25) is 9.59 Å². The molecule has 216 valence electrons. The number of aromatic nitrogens is 2. The van der Waals surface area contributed by atoms with Crippen LogP contribution in [-0.4, -0.2) is 56.1 Å². The number of nitrogens with one attached hydrogen (secondary N) is 3. The lowest BCUT2D eigenvalue weighted by Gasteiger charge is -2.38. The number of ketones is 1. The fourth-order valence-corrected chi connectivity index (χ4v) is 5.86. The standard InChI is InChI=1S/C31H37N5O5/c1-31(2)14-22-27(24(37)15-31)28(20-10-11-25(39-3)30(41-5)29(20)40-4)36(23-9-7-6-8-21(23)35-22)17-26(38)33-13-12-19-16-32-18-34-19/h6-11,16,18,28,35H,12-15,17H2,1-5H3,(H,32,34)(H,33,38). The molecule has 0 fully saturated rings. The predicted octanol–water partition coefficient (Wildman–Crippen LogP) is 4.41. The Morgan fingerprint density at radius 1 is 1.07 bits per heavy atom. The average molecular weight is 560 g/mol. The minimum atomic E-state index is -0.627. The van der Waals surface area contributed by atoms with Crippen molar-refractivity contribution in [3.8, 4) is 17.2 Å². The molecule has 1 aliphatic heterocycles. The zero-order valence-electron chi connectivity index (χ0n) is 24.2. The van der Waals surface area contributed by atoms with Gasteiger partial charge in [-0.2, -0.15) is 0 Å². The Morgan fingerprint density at radius 2 is 1.85 bits per heavy atom. The third kappa shape index (κ3) is 5.59. The molecule has 1 amide bonds. The van der Waals surface area contributed by atoms with Gasteiger partial charge in [-0.05, 0) is 36.1 Å². The van der Waals surface area contributed by atoms with Gasteiger partial charge in [-0.1, -0.05) is 26.0 Å². The first-order valence-electron chi connectivity index (χ1n) is 13.7. The number of allylic oxidation sites excluding steroid dienone is 1. The second kappa shape index (κ2) is 11.6. The summed E-state index contributed by atoms with van der Waals surface area (Å²) < 4.78 is 17.2. The van der Waals surface area contributed by atoms with Crippen LogP contribution in [0, 0.1) is 5.41 Å². The first-order valence-corrected chi connectivity index (χ1v) is 13.7. The summed E-state index contributed by atoms with van der Waals surface area (Å²) >= 11 is 0. The Labute approximate surface area is 240 Å². The van der Waals surface area contributed by atoms with Gasteiger partial charge >= 0.3 is 0 Å². The summed E-state index contributed by atoms with van der Waals surface area (Å²) in [6.07, 6.45) is 5.05. The Balaban J connectivity index is 1.64. The van der Waals surface area contributed by atoms with Crippen LogP contribution in [-0.2, 0) is 16.0 Å². The topological polar surface area (TPSA) is 118 Å². The third-order valence-corrected chi connectivity index (χ3v) is 7.62. The van der Waals surface area contributed by atoms with Crippen molar-refractivity contribution >= 4 is 23.1 Å². The first kappa shape index (κ1) is 28.1. The molecule has 2 aromatic carbocycles. The third-order valence-electron chi connectivity index (χ3n) is 7.62. The van der Waals surface area contributed by atoms with Crippen molar-refractivity contribution in [2.75, 3.05) is 44.6 Å². The van der Waals surface area contributed by atoms with E-state index in [1.165, 1.54) is 0 Å². The van der Waals surface area contributed by atoms with Crippen LogP contribution in [0.25, 0.3) is 0 Å². The molecule has 1 aliphatic carbocycles. The molecule has 1 unspecified atom stereocenters. The minimum Gasteiger partial charge on any atom is -0.493 e. The number of hydrogen-bond acceptors (Lipinski definition) is 8. The van der Waals surface area contributed by atoms with Gasteiger partial charge in [0.2, 0.25) is 11.7 Å². The number of carbonyl (C=O) groups excluding carboxylic acids is 2. The van der Waals surface area contributed by atoms with Crippen LogP contribution in [0.15, 0.2) is 60.2 Å². The first-order chi connectivity index (χ1) is 19.8. The smallest absolute Gasteiger partial charge is 0.239 e. The molecule has 3 N–H and O–H groups in total. The maximum absolute atomic E-state index is 14.0. The van der Waals surface area contributed by atoms with Gasteiger partial charge in [0.05, 0.1) is 51.6 Å². The molecule has 0 saturated carbocycles. The molecule has 0 radical (unpaired) electrons. The van der Waals surface area contributed by atoms with Gasteiger partial charge in [-0.25, -0.2) is 4.98 Å². The van der Waals surface area contributed by atoms with E-state index >= 15 is 0 Å². The number of anilines is 2. The van der Waals surface area contributed by atoms with Crippen LogP contribution in [0.5, 0.6) is 17.2 Å². The van der Waals surface area contributed by atoms with Crippen LogP contribution < -0.4 is 29.7 Å². The number of H-pyrrole nitrogens is 1. The molecule has 10 nitrogen and oxygen atoms in total. The highest BCUT2D eigenvalue weighted by atomic mass is 16.5. The van der Waals surface area contributed by atoms with E-state index in [9.17, 15) is 9.59 Å². The van der Waals surface area contributed by atoms with Crippen molar-refractivity contribution in [2.45, 2.75) is 39.2 Å². The molecule has 2 aliphatic rings. The summed E-state index contributed by atoms with van der Waals surface area (Å²) in [4.78, 5) is 36.6. The number of imidazole rings is 1. The van der Waals surface area contributed by atoms with E-state index in [1.54, 1.807) is 39.9 Å². The zero-order chi connectivity index (χ0) is 29.1. The second-order valence-corrected chi connectivity index (χ2v) is 11.1. The molecule has 5 rings (SSSR count). The van der Waals surface area contributed by atoms with E-state index in [4.69, 9.17) is 14.2 Å². The van der Waals surface area contributed by atoms with Crippen molar-refractivity contribution in [1.29, 1.82) is 0 Å². The normalized spacial score (nSPS) is 17.6. The molecule has 10 heteroatoms. The predicted molar refractivity (Wildman–Crippen MR) is 157 cm³/mol. The van der Waals surface area contributed by atoms with E-state index in [0.29, 0.717) is 54.2 Å². The summed E-state index contributed by atoms with van der Waals surface area (Å²) in [6, 6.07) is 10.9. The lowest BCUT2D eigenvalue weighted by molar-refractivity contribution is -0.120. The number of ether oxygens (including phenoxy) is 3. The number of carbonyl (C=O) groups is 2. The van der Waals surface area contributed by atoms with Crippen molar-refractivity contribution in [1.82, 2.24) is 15.3 Å². The van der Waals surface area contributed by atoms with Crippen molar-refractivity contribution in [3.63, 3.8) is 0 Å². The number of Topliss-reactive ketones (excluding diaryl/α,β-unsaturated/α-hetero) is 1. The van der Waals surface area contributed by atoms with E-state index in [-0.39, 0.29) is 23.7 Å². The van der Waals surface area contributed by atoms with Gasteiger partial charge in [-0.15, -0.1) is 0 Å². The molecule has 41 heavy (non-hydrogen) atoms. The van der Waals surface area contributed by atoms with Crippen molar-refractivity contribution in [2.24, 2.45) is 5.41 Å². The lowest BCUT2D eigenvalue weighted by atomic mass is 9.73. The van der Waals surface area contributed by atoms with Crippen LogP contribution in [0.2, 0.25) is 0 Å². The molecular formula is C31H37N5O5. The van der Waals surface area contributed by atoms with Crippen molar-refractivity contribution in [3.05, 3.63) is 71.4 Å². The molecule has 3 aromatic rings. The maximum Gasteiger partial charge on any atom is 0.239 e. The van der Waals surface area contributed by atoms with Crippen LogP contribution in [0.4, 0.5) is 11.4 Å². The van der Waals surface area contributed by atoms with Gasteiger partial charge in [0.15, 0.2) is 17.3 Å². The molecule has 1 aromatic heterocycles. The number of methoxy groups -OCH3 is 3. The van der Waals surface area contributed by atoms with Crippen LogP contribution >= 0.6 is 0 Å². The summed E-state index contributed by atoms with van der Waals surface area (Å²) in [5, 5.41) is 6.61. The average Bonchev–Trinajstić information content (AvgIpc) is 3.42. The number of aromatic amines is 1. The minimum absolute atomic E-state index is 0.0112. The largest absolute Gasteiger partial charge is 0.493 e. The van der Waals surface area contributed by atoms with E-state index in [1.807, 2.05) is 35.2 Å². The lowest BCUT2D eigenvalue weighted by Crippen LogP contribution is -2.42. The zero-order valence-corrected chi connectivity index (χ0v) is 24.2. The molecule has 0 bridgehead atoms. The number of fused-ring (bicyclic) bond motifs is 1. The van der Waals surface area contributed by atoms with Gasteiger partial charge in [0.1, 0.15) is 0 Å². The molecule has 2 heterocycles. The number of rotatable bonds is 9. The fourth-order valence-electron chi connectivity index (χ4n) is 5.86. The molecule has 0 saturated heterocycles. The quantitative estimate of drug-likeness (QED) is 0.353. The second-order valence-electron chi connectivity index (χ2n) is 11.1. The monoisotopic (exact) mass is 559 g/mol.